The molecule has 1 fully saturated rings. The van der Waals surface area contributed by atoms with Crippen molar-refractivity contribution in [1.29, 1.82) is 0 Å². The first kappa shape index (κ1) is 18.8. The molecule has 0 bridgehead atoms. The standard InChI is InChI=1S/C17H15N3O5S3/c1-11-2-7-14-15(10-11)26-17(18-14)19-28(24,25)13-5-3-12(4-6-13)20-16(21)8-9-27(20,22)23/h2-7,10H,8-9H2,1H3,(H,18,19). The zero-order valence-corrected chi connectivity index (χ0v) is 17.1. The summed E-state index contributed by atoms with van der Waals surface area (Å²) in [5.74, 6) is -0.775. The molecule has 1 saturated heterocycles. The van der Waals surface area contributed by atoms with Gasteiger partial charge < -0.3 is 0 Å². The van der Waals surface area contributed by atoms with Crippen molar-refractivity contribution in [3.63, 3.8) is 0 Å². The molecule has 1 N–H and O–H groups in total. The van der Waals surface area contributed by atoms with Crippen LogP contribution in [-0.4, -0.2) is 33.5 Å². The summed E-state index contributed by atoms with van der Waals surface area (Å²) in [5.41, 5.74) is 1.87. The molecule has 0 radical (unpaired) electrons. The largest absolute Gasteiger partial charge is 0.273 e. The molecule has 146 valence electrons. The quantitative estimate of drug-likeness (QED) is 0.671. The lowest BCUT2D eigenvalue weighted by Crippen LogP contribution is -2.29. The normalized spacial score (nSPS) is 16.6. The van der Waals surface area contributed by atoms with Crippen LogP contribution in [0.4, 0.5) is 10.8 Å². The highest BCUT2D eigenvalue weighted by atomic mass is 32.2. The second-order valence-electron chi connectivity index (χ2n) is 6.31. The Labute approximate surface area is 165 Å². The average Bonchev–Trinajstić information content (AvgIpc) is 3.13. The minimum absolute atomic E-state index is 0.0595. The topological polar surface area (TPSA) is 114 Å². The van der Waals surface area contributed by atoms with E-state index in [1.807, 2.05) is 25.1 Å². The van der Waals surface area contributed by atoms with Crippen LogP contribution in [0.25, 0.3) is 10.2 Å². The molecule has 1 aliphatic rings. The minimum atomic E-state index is -3.91. The monoisotopic (exact) mass is 437 g/mol. The number of fused-ring (bicyclic) bond motifs is 1. The van der Waals surface area contributed by atoms with E-state index in [1.54, 1.807) is 0 Å². The van der Waals surface area contributed by atoms with Crippen LogP contribution in [0.15, 0.2) is 47.4 Å². The number of carbonyl (C=O) groups excluding carboxylic acids is 1. The SMILES string of the molecule is Cc1ccc2nc(NS(=O)(=O)c3ccc(N4C(=O)CCS4(=O)=O)cc3)sc2c1. The minimum Gasteiger partial charge on any atom is -0.273 e. The van der Waals surface area contributed by atoms with E-state index in [1.165, 1.54) is 35.6 Å². The van der Waals surface area contributed by atoms with E-state index in [0.29, 0.717) is 9.82 Å². The van der Waals surface area contributed by atoms with Gasteiger partial charge in [-0.1, -0.05) is 17.4 Å². The summed E-state index contributed by atoms with van der Waals surface area (Å²) in [5, 5.41) is 0.238. The van der Waals surface area contributed by atoms with Crippen LogP contribution in [0.1, 0.15) is 12.0 Å². The fourth-order valence-corrected chi connectivity index (χ4v) is 6.54. The van der Waals surface area contributed by atoms with Crippen molar-refractivity contribution in [2.75, 3.05) is 14.8 Å². The van der Waals surface area contributed by atoms with E-state index < -0.39 is 26.0 Å². The summed E-state index contributed by atoms with van der Waals surface area (Å²) in [6, 6.07) is 10.8. The molecule has 0 aliphatic carbocycles. The van der Waals surface area contributed by atoms with Crippen molar-refractivity contribution in [3.05, 3.63) is 48.0 Å². The lowest BCUT2D eigenvalue weighted by molar-refractivity contribution is -0.116. The number of anilines is 2. The van der Waals surface area contributed by atoms with Gasteiger partial charge in [-0.15, -0.1) is 0 Å². The average molecular weight is 438 g/mol. The Bertz CT molecular complexity index is 1300. The number of aryl methyl sites for hydroxylation is 1. The predicted molar refractivity (Wildman–Crippen MR) is 107 cm³/mol. The highest BCUT2D eigenvalue weighted by Crippen LogP contribution is 2.30. The number of rotatable bonds is 4. The molecule has 2 heterocycles. The van der Waals surface area contributed by atoms with E-state index in [2.05, 4.69) is 9.71 Å². The zero-order chi connectivity index (χ0) is 20.1. The second-order valence-corrected chi connectivity index (χ2v) is 11.0. The molecule has 1 aromatic heterocycles. The van der Waals surface area contributed by atoms with Gasteiger partial charge in [0.1, 0.15) is 0 Å². The Kier molecular flexibility index (Phi) is 4.40. The van der Waals surface area contributed by atoms with Gasteiger partial charge in [-0.3, -0.25) is 9.52 Å². The molecular weight excluding hydrogens is 422 g/mol. The van der Waals surface area contributed by atoms with Crippen LogP contribution in [0.5, 0.6) is 0 Å². The zero-order valence-electron chi connectivity index (χ0n) is 14.6. The Hall–Kier alpha value is -2.50. The van der Waals surface area contributed by atoms with Crippen molar-refractivity contribution in [2.45, 2.75) is 18.2 Å². The van der Waals surface area contributed by atoms with Gasteiger partial charge >= 0.3 is 0 Å². The fourth-order valence-electron chi connectivity index (χ4n) is 2.88. The summed E-state index contributed by atoms with van der Waals surface area (Å²) in [4.78, 5) is 16.0. The first-order valence-corrected chi connectivity index (χ1v) is 12.1. The van der Waals surface area contributed by atoms with E-state index >= 15 is 0 Å². The van der Waals surface area contributed by atoms with Crippen molar-refractivity contribution >= 4 is 58.3 Å². The lowest BCUT2D eigenvalue weighted by Gasteiger charge is -2.15. The number of benzene rings is 2. The second kappa shape index (κ2) is 6.54. The van der Waals surface area contributed by atoms with Gasteiger partial charge in [0.05, 0.1) is 26.6 Å². The van der Waals surface area contributed by atoms with Gasteiger partial charge in [-0.2, -0.15) is 0 Å². The fraction of sp³-hybridized carbons (Fsp3) is 0.176. The molecule has 11 heteroatoms. The highest BCUT2D eigenvalue weighted by molar-refractivity contribution is 7.94. The van der Waals surface area contributed by atoms with Crippen molar-refractivity contribution in [3.8, 4) is 0 Å². The first-order chi connectivity index (χ1) is 13.2. The van der Waals surface area contributed by atoms with Crippen LogP contribution in [-0.2, 0) is 24.8 Å². The van der Waals surface area contributed by atoms with Gasteiger partial charge in [-0.25, -0.2) is 26.1 Å². The van der Waals surface area contributed by atoms with E-state index in [0.717, 1.165) is 10.3 Å². The first-order valence-electron chi connectivity index (χ1n) is 8.22. The molecule has 3 aromatic rings. The Morgan fingerprint density at radius 3 is 2.50 bits per heavy atom. The molecule has 1 aliphatic heterocycles. The maximum absolute atomic E-state index is 12.6. The molecular formula is C17H15N3O5S3. The maximum atomic E-state index is 12.6. The van der Waals surface area contributed by atoms with Crippen LogP contribution >= 0.6 is 11.3 Å². The number of aromatic nitrogens is 1. The molecule has 4 rings (SSSR count). The maximum Gasteiger partial charge on any atom is 0.263 e. The predicted octanol–water partition coefficient (Wildman–Crippen LogP) is 2.47. The lowest BCUT2D eigenvalue weighted by atomic mass is 10.2. The smallest absolute Gasteiger partial charge is 0.263 e. The summed E-state index contributed by atoms with van der Waals surface area (Å²) in [6.07, 6.45) is -0.0823. The Balaban J connectivity index is 1.61. The van der Waals surface area contributed by atoms with Gasteiger partial charge in [0.15, 0.2) is 5.13 Å². The molecule has 0 atom stereocenters. The molecule has 8 nitrogen and oxygen atoms in total. The number of nitrogens with zero attached hydrogens (tertiary/aromatic N) is 2. The summed E-state index contributed by atoms with van der Waals surface area (Å²) in [7, 11) is -7.60. The Morgan fingerprint density at radius 2 is 1.86 bits per heavy atom. The van der Waals surface area contributed by atoms with Crippen LogP contribution in [0.2, 0.25) is 0 Å². The molecule has 0 saturated carbocycles. The molecule has 0 unspecified atom stereocenters. The van der Waals surface area contributed by atoms with Crippen LogP contribution in [0, 0.1) is 6.92 Å². The summed E-state index contributed by atoms with van der Waals surface area (Å²) in [6.45, 7) is 1.94. The molecule has 28 heavy (non-hydrogen) atoms. The number of nitrogens with one attached hydrogen (secondary N) is 1. The number of hydrogen-bond acceptors (Lipinski definition) is 7. The third-order valence-electron chi connectivity index (χ3n) is 4.23. The van der Waals surface area contributed by atoms with E-state index in [-0.39, 0.29) is 27.9 Å². The molecule has 1 amide bonds. The van der Waals surface area contributed by atoms with Crippen LogP contribution in [0.3, 0.4) is 0 Å². The highest BCUT2D eigenvalue weighted by Gasteiger charge is 2.36. The number of sulfonamides is 2. The molecule has 2 aromatic carbocycles. The van der Waals surface area contributed by atoms with Crippen LogP contribution < -0.4 is 9.03 Å². The number of carbonyl (C=O) groups is 1. The van der Waals surface area contributed by atoms with Gasteiger partial charge in [0.2, 0.25) is 15.9 Å². The summed E-state index contributed by atoms with van der Waals surface area (Å²) >= 11 is 1.22. The van der Waals surface area contributed by atoms with Crippen molar-refractivity contribution in [2.24, 2.45) is 0 Å². The van der Waals surface area contributed by atoms with E-state index in [4.69, 9.17) is 0 Å². The van der Waals surface area contributed by atoms with Crippen molar-refractivity contribution in [1.82, 2.24) is 4.98 Å². The van der Waals surface area contributed by atoms with Gasteiger partial charge in [0, 0.05) is 6.42 Å². The number of hydrogen-bond donors (Lipinski definition) is 1. The molecule has 0 spiro atoms. The third-order valence-corrected chi connectivity index (χ3v) is 8.33. The Morgan fingerprint density at radius 1 is 1.14 bits per heavy atom. The van der Waals surface area contributed by atoms with Crippen molar-refractivity contribution < 1.29 is 21.6 Å². The number of amides is 1. The van der Waals surface area contributed by atoms with Gasteiger partial charge in [-0.05, 0) is 48.9 Å². The summed E-state index contributed by atoms with van der Waals surface area (Å²) < 4.78 is 53.2. The number of thiazole rings is 1. The van der Waals surface area contributed by atoms with Gasteiger partial charge in [0.25, 0.3) is 10.0 Å². The third kappa shape index (κ3) is 3.36. The van der Waals surface area contributed by atoms with E-state index in [9.17, 15) is 21.6 Å².